The van der Waals surface area contributed by atoms with E-state index in [1.54, 1.807) is 0 Å². The third kappa shape index (κ3) is 6.78. The van der Waals surface area contributed by atoms with Crippen LogP contribution in [0.4, 0.5) is 0 Å². The molecule has 142 valence electrons. The number of carbonyl (C=O) groups is 3. The molecule has 10 nitrogen and oxygen atoms in total. The molecular formula is C15H22O10. The van der Waals surface area contributed by atoms with Gasteiger partial charge >= 0.3 is 17.9 Å². The normalized spacial score (nSPS) is 28.7. The molecule has 1 heterocycles. The Morgan fingerprint density at radius 1 is 0.960 bits per heavy atom. The molecule has 0 spiro atoms. The standard InChI is InChI=1S/C15H22O10/c1-5-6-20-21-7-11-12(22-8(2)16)13(23-9(3)17)14(15(19)25-11)24-10(4)18/h5,11-15,19H,1,6-7H2,2-4H3. The highest BCUT2D eigenvalue weighted by Crippen LogP contribution is 2.28. The fraction of sp³-hybridized carbons (Fsp3) is 0.667. The van der Waals surface area contributed by atoms with Crippen LogP contribution in [-0.2, 0) is 43.1 Å². The van der Waals surface area contributed by atoms with Crippen molar-refractivity contribution in [1.29, 1.82) is 0 Å². The fourth-order valence-electron chi connectivity index (χ4n) is 2.22. The number of hydrogen-bond acceptors (Lipinski definition) is 10. The van der Waals surface area contributed by atoms with Gasteiger partial charge in [0.1, 0.15) is 19.3 Å². The summed E-state index contributed by atoms with van der Waals surface area (Å²) in [5.74, 6) is -2.16. The molecule has 1 N–H and O–H groups in total. The summed E-state index contributed by atoms with van der Waals surface area (Å²) in [5.41, 5.74) is 0. The molecule has 0 amide bonds. The Kier molecular flexibility index (Phi) is 8.49. The molecule has 1 fully saturated rings. The Labute approximate surface area is 144 Å². The van der Waals surface area contributed by atoms with Crippen molar-refractivity contribution in [2.45, 2.75) is 51.5 Å². The molecule has 0 saturated carbocycles. The minimum atomic E-state index is -1.63. The number of ether oxygens (including phenoxy) is 4. The molecule has 0 bridgehead atoms. The molecule has 1 rings (SSSR count). The zero-order chi connectivity index (χ0) is 19.0. The van der Waals surface area contributed by atoms with Crippen molar-refractivity contribution in [3.05, 3.63) is 12.7 Å². The highest BCUT2D eigenvalue weighted by Gasteiger charge is 2.51. The maximum absolute atomic E-state index is 11.4. The number of carbonyl (C=O) groups excluding carboxylic acids is 3. The first-order valence-corrected chi connectivity index (χ1v) is 7.46. The number of rotatable bonds is 8. The van der Waals surface area contributed by atoms with Gasteiger partial charge in [0, 0.05) is 20.8 Å². The number of hydrogen-bond donors (Lipinski definition) is 1. The Bertz CT molecular complexity index is 491. The van der Waals surface area contributed by atoms with E-state index >= 15 is 0 Å². The Hall–Kier alpha value is -2.01. The van der Waals surface area contributed by atoms with Crippen molar-refractivity contribution in [3.63, 3.8) is 0 Å². The van der Waals surface area contributed by atoms with Crippen LogP contribution in [0, 0.1) is 0 Å². The van der Waals surface area contributed by atoms with Crippen LogP contribution in [0.15, 0.2) is 12.7 Å². The van der Waals surface area contributed by atoms with Crippen molar-refractivity contribution in [2.24, 2.45) is 0 Å². The van der Waals surface area contributed by atoms with Gasteiger partial charge in [0.25, 0.3) is 0 Å². The largest absolute Gasteiger partial charge is 0.456 e. The van der Waals surface area contributed by atoms with E-state index in [0.717, 1.165) is 20.8 Å². The molecule has 0 aliphatic carbocycles. The molecule has 0 radical (unpaired) electrons. The van der Waals surface area contributed by atoms with Crippen LogP contribution in [0.2, 0.25) is 0 Å². The first kappa shape index (κ1) is 21.0. The van der Waals surface area contributed by atoms with Gasteiger partial charge in [-0.25, -0.2) is 9.78 Å². The molecule has 5 unspecified atom stereocenters. The van der Waals surface area contributed by atoms with Crippen LogP contribution in [0.25, 0.3) is 0 Å². The van der Waals surface area contributed by atoms with Gasteiger partial charge in [-0.15, -0.1) is 6.58 Å². The summed E-state index contributed by atoms with van der Waals surface area (Å²) in [7, 11) is 0. The summed E-state index contributed by atoms with van der Waals surface area (Å²) in [6, 6.07) is 0. The van der Waals surface area contributed by atoms with E-state index in [9.17, 15) is 19.5 Å². The molecule has 0 aromatic carbocycles. The van der Waals surface area contributed by atoms with Crippen molar-refractivity contribution in [1.82, 2.24) is 0 Å². The van der Waals surface area contributed by atoms with Gasteiger partial charge in [-0.2, -0.15) is 0 Å². The first-order chi connectivity index (χ1) is 11.8. The Morgan fingerprint density at radius 3 is 2.00 bits per heavy atom. The minimum absolute atomic E-state index is 0.0942. The molecule has 1 aliphatic heterocycles. The van der Waals surface area contributed by atoms with Crippen LogP contribution in [-0.4, -0.2) is 66.9 Å². The predicted molar refractivity (Wildman–Crippen MR) is 79.6 cm³/mol. The maximum Gasteiger partial charge on any atom is 0.303 e. The van der Waals surface area contributed by atoms with E-state index < -0.39 is 48.6 Å². The van der Waals surface area contributed by atoms with Crippen LogP contribution in [0.3, 0.4) is 0 Å². The molecular weight excluding hydrogens is 340 g/mol. The van der Waals surface area contributed by atoms with Crippen LogP contribution in [0.5, 0.6) is 0 Å². The Balaban J connectivity index is 3.00. The van der Waals surface area contributed by atoms with Gasteiger partial charge in [-0.05, 0) is 0 Å². The summed E-state index contributed by atoms with van der Waals surface area (Å²) in [6.07, 6.45) is -5.09. The smallest absolute Gasteiger partial charge is 0.303 e. The molecule has 10 heteroatoms. The van der Waals surface area contributed by atoms with Gasteiger partial charge in [0.2, 0.25) is 0 Å². The lowest BCUT2D eigenvalue weighted by atomic mass is 9.98. The van der Waals surface area contributed by atoms with E-state index in [4.69, 9.17) is 28.7 Å². The number of esters is 3. The van der Waals surface area contributed by atoms with Gasteiger partial charge in [0.05, 0.1) is 0 Å². The molecule has 5 atom stereocenters. The lowest BCUT2D eigenvalue weighted by Gasteiger charge is -2.42. The third-order valence-electron chi connectivity index (χ3n) is 3.02. The lowest BCUT2D eigenvalue weighted by molar-refractivity contribution is -0.341. The average molecular weight is 362 g/mol. The van der Waals surface area contributed by atoms with E-state index in [2.05, 4.69) is 6.58 Å². The first-order valence-electron chi connectivity index (χ1n) is 7.46. The van der Waals surface area contributed by atoms with Gasteiger partial charge in [0.15, 0.2) is 24.6 Å². The van der Waals surface area contributed by atoms with Crippen LogP contribution >= 0.6 is 0 Å². The molecule has 1 aliphatic rings. The molecule has 0 aromatic heterocycles. The summed E-state index contributed by atoms with van der Waals surface area (Å²) in [5, 5.41) is 10.1. The predicted octanol–water partition coefficient (Wildman–Crippen LogP) is -0.367. The molecule has 0 aromatic rings. The van der Waals surface area contributed by atoms with Gasteiger partial charge < -0.3 is 24.1 Å². The SMILES string of the molecule is C=CCOOCC1OC(O)C(OC(C)=O)C(OC(C)=O)C1OC(C)=O. The summed E-state index contributed by atoms with van der Waals surface area (Å²) in [6.45, 7) is 6.65. The van der Waals surface area contributed by atoms with Crippen LogP contribution in [0.1, 0.15) is 20.8 Å². The second-order valence-corrected chi connectivity index (χ2v) is 5.14. The number of aliphatic hydroxyl groups is 1. The van der Waals surface area contributed by atoms with E-state index in [1.165, 1.54) is 6.08 Å². The number of aliphatic hydroxyl groups excluding tert-OH is 1. The van der Waals surface area contributed by atoms with E-state index in [0.29, 0.717) is 0 Å². The summed E-state index contributed by atoms with van der Waals surface area (Å²) < 4.78 is 20.5. The molecule has 25 heavy (non-hydrogen) atoms. The van der Waals surface area contributed by atoms with Crippen molar-refractivity contribution in [3.8, 4) is 0 Å². The second-order valence-electron chi connectivity index (χ2n) is 5.14. The second kappa shape index (κ2) is 10.1. The molecule has 1 saturated heterocycles. The van der Waals surface area contributed by atoms with Crippen molar-refractivity contribution >= 4 is 17.9 Å². The topological polar surface area (TPSA) is 127 Å². The quantitative estimate of drug-likeness (QED) is 0.153. The highest BCUT2D eigenvalue weighted by atomic mass is 17.2. The Morgan fingerprint density at radius 2 is 1.48 bits per heavy atom. The maximum atomic E-state index is 11.4. The lowest BCUT2D eigenvalue weighted by Crippen LogP contribution is -2.62. The van der Waals surface area contributed by atoms with Gasteiger partial charge in [-0.3, -0.25) is 14.4 Å². The van der Waals surface area contributed by atoms with E-state index in [1.807, 2.05) is 0 Å². The monoisotopic (exact) mass is 362 g/mol. The highest BCUT2D eigenvalue weighted by molar-refractivity contribution is 5.68. The van der Waals surface area contributed by atoms with Crippen molar-refractivity contribution < 1.29 is 48.2 Å². The minimum Gasteiger partial charge on any atom is -0.456 e. The van der Waals surface area contributed by atoms with Gasteiger partial charge in [-0.1, -0.05) is 6.08 Å². The fourth-order valence-corrected chi connectivity index (χ4v) is 2.22. The zero-order valence-electron chi connectivity index (χ0n) is 14.2. The third-order valence-corrected chi connectivity index (χ3v) is 3.02. The van der Waals surface area contributed by atoms with E-state index in [-0.39, 0.29) is 13.2 Å². The zero-order valence-corrected chi connectivity index (χ0v) is 14.2. The van der Waals surface area contributed by atoms with Crippen LogP contribution < -0.4 is 0 Å². The average Bonchev–Trinajstić information content (AvgIpc) is 2.49. The van der Waals surface area contributed by atoms with Crippen molar-refractivity contribution in [2.75, 3.05) is 13.2 Å². The summed E-state index contributed by atoms with van der Waals surface area (Å²) in [4.78, 5) is 43.7. The summed E-state index contributed by atoms with van der Waals surface area (Å²) >= 11 is 0.